The summed E-state index contributed by atoms with van der Waals surface area (Å²) >= 11 is 0. The van der Waals surface area contributed by atoms with E-state index < -0.39 is 0 Å². The highest BCUT2D eigenvalue weighted by atomic mass is 16.3. The van der Waals surface area contributed by atoms with E-state index in [1.165, 1.54) is 6.20 Å². The Bertz CT molecular complexity index is 611. The Kier molecular flexibility index (Phi) is 3.20. The molecular formula is C11H10N6O. The van der Waals surface area contributed by atoms with E-state index in [2.05, 4.69) is 25.9 Å². The number of phenols is 1. The third-order valence-corrected chi connectivity index (χ3v) is 2.23. The first kappa shape index (κ1) is 11.6. The van der Waals surface area contributed by atoms with Gasteiger partial charge in [0.25, 0.3) is 0 Å². The molecule has 0 radical (unpaired) electrons. The molecule has 90 valence electrons. The van der Waals surface area contributed by atoms with Crippen molar-refractivity contribution in [3.05, 3.63) is 35.8 Å². The van der Waals surface area contributed by atoms with Crippen LogP contribution in [0.3, 0.4) is 0 Å². The zero-order valence-corrected chi connectivity index (χ0v) is 9.55. The smallest absolute Gasteiger partial charge is 0.216 e. The highest BCUT2D eigenvalue weighted by molar-refractivity contribution is 5.74. The zero-order chi connectivity index (χ0) is 13.0. The molecule has 18 heavy (non-hydrogen) atoms. The van der Waals surface area contributed by atoms with Crippen molar-refractivity contribution in [1.82, 2.24) is 20.6 Å². The summed E-state index contributed by atoms with van der Waals surface area (Å²) in [5, 5.41) is 34.5. The monoisotopic (exact) mass is 242 g/mol. The number of rotatable bonds is 3. The van der Waals surface area contributed by atoms with Crippen LogP contribution in [0.2, 0.25) is 0 Å². The number of aromatic hydroxyl groups is 1. The molecule has 7 heteroatoms. The quantitative estimate of drug-likeness (QED) is 0.550. The fourth-order valence-corrected chi connectivity index (χ4v) is 1.34. The summed E-state index contributed by atoms with van der Waals surface area (Å²) in [6.45, 7) is 1.87. The van der Waals surface area contributed by atoms with Crippen LogP contribution in [0.25, 0.3) is 5.57 Å². The molecule has 2 rings (SSSR count). The Balaban J connectivity index is 2.22. The second kappa shape index (κ2) is 4.97. The Morgan fingerprint density at radius 2 is 2.39 bits per heavy atom. The number of allylic oxidation sites excluding steroid dienone is 1. The number of aromatic amines is 1. The number of hydrogen-bond acceptors (Lipinski definition) is 6. The Hall–Kier alpha value is -2.88. The van der Waals surface area contributed by atoms with Gasteiger partial charge < -0.3 is 10.4 Å². The number of anilines is 1. The molecule has 0 aliphatic rings. The average molecular weight is 242 g/mol. The number of phenolic OH excluding ortho intramolecular Hbond substituents is 1. The maximum Gasteiger partial charge on any atom is 0.216 e. The molecule has 0 aliphatic carbocycles. The number of tetrazole rings is 1. The van der Waals surface area contributed by atoms with Gasteiger partial charge in [0.05, 0.1) is 5.69 Å². The molecule has 0 fully saturated rings. The molecule has 1 aromatic carbocycles. The minimum absolute atomic E-state index is 0.108. The van der Waals surface area contributed by atoms with Gasteiger partial charge in [-0.15, -0.1) is 10.2 Å². The zero-order valence-electron chi connectivity index (χ0n) is 9.55. The van der Waals surface area contributed by atoms with Gasteiger partial charge in [0.2, 0.25) is 5.82 Å². The van der Waals surface area contributed by atoms with Crippen LogP contribution in [0.5, 0.6) is 5.75 Å². The molecule has 0 amide bonds. The Labute approximate surface area is 103 Å². The largest absolute Gasteiger partial charge is 0.506 e. The number of H-pyrrole nitrogens is 1. The first-order valence-electron chi connectivity index (χ1n) is 5.11. The topological polar surface area (TPSA) is 111 Å². The summed E-state index contributed by atoms with van der Waals surface area (Å²) in [5.41, 5.74) is 1.65. The third-order valence-electron chi connectivity index (χ3n) is 2.23. The SMILES string of the molecule is Cc1ccc(NC=C(C#N)c2nn[nH]n2)c(O)c1. The second-order valence-electron chi connectivity index (χ2n) is 3.57. The van der Waals surface area contributed by atoms with E-state index in [9.17, 15) is 5.11 Å². The lowest BCUT2D eigenvalue weighted by Gasteiger charge is -2.04. The van der Waals surface area contributed by atoms with E-state index in [4.69, 9.17) is 5.26 Å². The van der Waals surface area contributed by atoms with Crippen LogP contribution in [-0.2, 0) is 0 Å². The third kappa shape index (κ3) is 2.44. The molecule has 0 aliphatic heterocycles. The van der Waals surface area contributed by atoms with E-state index in [0.29, 0.717) is 5.69 Å². The van der Waals surface area contributed by atoms with Crippen LogP contribution in [0, 0.1) is 18.3 Å². The summed E-state index contributed by atoms with van der Waals surface area (Å²) < 4.78 is 0. The fraction of sp³-hybridized carbons (Fsp3) is 0.0909. The molecule has 3 N–H and O–H groups in total. The maximum absolute atomic E-state index is 9.68. The predicted octanol–water partition coefficient (Wildman–Crippen LogP) is 1.19. The summed E-state index contributed by atoms with van der Waals surface area (Å²) in [6.07, 6.45) is 1.41. The number of nitriles is 1. The maximum atomic E-state index is 9.68. The number of nitrogens with one attached hydrogen (secondary N) is 2. The molecule has 0 bridgehead atoms. The molecule has 7 nitrogen and oxygen atoms in total. The second-order valence-corrected chi connectivity index (χ2v) is 3.57. The van der Waals surface area contributed by atoms with Gasteiger partial charge in [-0.3, -0.25) is 0 Å². The molecule has 1 aromatic heterocycles. The highest BCUT2D eigenvalue weighted by Gasteiger charge is 2.06. The van der Waals surface area contributed by atoms with Crippen molar-refractivity contribution in [2.75, 3.05) is 5.32 Å². The van der Waals surface area contributed by atoms with E-state index in [1.54, 1.807) is 12.1 Å². The predicted molar refractivity (Wildman–Crippen MR) is 64.2 cm³/mol. The molecule has 0 spiro atoms. The minimum Gasteiger partial charge on any atom is -0.506 e. The van der Waals surface area contributed by atoms with Crippen molar-refractivity contribution in [1.29, 1.82) is 5.26 Å². The normalized spacial score (nSPS) is 11.0. The number of benzene rings is 1. The summed E-state index contributed by atoms with van der Waals surface area (Å²) in [4.78, 5) is 0. The number of hydrogen-bond donors (Lipinski definition) is 3. The lowest BCUT2D eigenvalue weighted by molar-refractivity contribution is 0.477. The summed E-state index contributed by atoms with van der Waals surface area (Å²) in [7, 11) is 0. The average Bonchev–Trinajstić information content (AvgIpc) is 2.86. The van der Waals surface area contributed by atoms with Crippen LogP contribution in [0.4, 0.5) is 5.69 Å². The molecule has 0 unspecified atom stereocenters. The van der Waals surface area contributed by atoms with Gasteiger partial charge >= 0.3 is 0 Å². The van der Waals surface area contributed by atoms with Crippen LogP contribution in [0.15, 0.2) is 24.4 Å². The van der Waals surface area contributed by atoms with E-state index in [1.807, 2.05) is 19.1 Å². The van der Waals surface area contributed by atoms with Crippen molar-refractivity contribution in [2.45, 2.75) is 6.92 Å². The van der Waals surface area contributed by atoms with Crippen LogP contribution in [-0.4, -0.2) is 25.7 Å². The Morgan fingerprint density at radius 3 is 3.00 bits per heavy atom. The number of aromatic nitrogens is 4. The van der Waals surface area contributed by atoms with Crippen LogP contribution in [0.1, 0.15) is 11.4 Å². The summed E-state index contributed by atoms with van der Waals surface area (Å²) in [5.74, 6) is 0.299. The fourth-order valence-electron chi connectivity index (χ4n) is 1.34. The number of aryl methyl sites for hydroxylation is 1. The lowest BCUT2D eigenvalue weighted by Crippen LogP contribution is -1.93. The van der Waals surface area contributed by atoms with Gasteiger partial charge in [-0.2, -0.15) is 10.5 Å². The van der Waals surface area contributed by atoms with Gasteiger partial charge in [-0.05, 0) is 29.8 Å². The van der Waals surface area contributed by atoms with Crippen LogP contribution < -0.4 is 5.32 Å². The lowest BCUT2D eigenvalue weighted by atomic mass is 10.2. The van der Waals surface area contributed by atoms with Crippen molar-refractivity contribution in [3.63, 3.8) is 0 Å². The molecule has 1 heterocycles. The molecule has 2 aromatic rings. The summed E-state index contributed by atoms with van der Waals surface area (Å²) in [6, 6.07) is 7.12. The van der Waals surface area contributed by atoms with Gasteiger partial charge in [0, 0.05) is 6.20 Å². The molecule has 0 saturated heterocycles. The van der Waals surface area contributed by atoms with Crippen molar-refractivity contribution < 1.29 is 5.11 Å². The highest BCUT2D eigenvalue weighted by Crippen LogP contribution is 2.24. The first-order chi connectivity index (χ1) is 8.70. The van der Waals surface area contributed by atoms with Gasteiger partial charge in [-0.25, -0.2) is 0 Å². The van der Waals surface area contributed by atoms with Crippen molar-refractivity contribution >= 4 is 11.3 Å². The van der Waals surface area contributed by atoms with E-state index >= 15 is 0 Å². The minimum atomic E-state index is 0.108. The number of nitrogens with zero attached hydrogens (tertiary/aromatic N) is 4. The van der Waals surface area contributed by atoms with Crippen LogP contribution >= 0.6 is 0 Å². The molecular weight excluding hydrogens is 232 g/mol. The van der Waals surface area contributed by atoms with Gasteiger partial charge in [-0.1, -0.05) is 6.07 Å². The van der Waals surface area contributed by atoms with E-state index in [-0.39, 0.29) is 17.1 Å². The van der Waals surface area contributed by atoms with E-state index in [0.717, 1.165) is 5.56 Å². The van der Waals surface area contributed by atoms with Crippen molar-refractivity contribution in [2.24, 2.45) is 0 Å². The first-order valence-corrected chi connectivity index (χ1v) is 5.11. The molecule has 0 atom stereocenters. The van der Waals surface area contributed by atoms with Gasteiger partial charge in [0.15, 0.2) is 0 Å². The standard InChI is InChI=1S/C11H10N6O/c1-7-2-3-9(10(18)4-7)13-6-8(5-12)11-14-16-17-15-11/h2-4,6,13,18H,1H3,(H,14,15,16,17). The Morgan fingerprint density at radius 1 is 1.56 bits per heavy atom. The van der Waals surface area contributed by atoms with Gasteiger partial charge in [0.1, 0.15) is 17.4 Å². The molecule has 0 saturated carbocycles. The van der Waals surface area contributed by atoms with Crippen molar-refractivity contribution in [3.8, 4) is 11.8 Å².